The Balaban J connectivity index is 2.07. The number of halogens is 1. The minimum Gasteiger partial charge on any atom is -0.493 e. The van der Waals surface area contributed by atoms with Crippen LogP contribution in [0.25, 0.3) is 0 Å². The molecule has 25 heavy (non-hydrogen) atoms. The van der Waals surface area contributed by atoms with Crippen LogP contribution in [0.1, 0.15) is 15.9 Å². The number of hydrogen-bond acceptors (Lipinski definition) is 5. The van der Waals surface area contributed by atoms with Gasteiger partial charge in [0.25, 0.3) is 5.91 Å². The molecule has 0 radical (unpaired) electrons. The molecule has 0 fully saturated rings. The molecular weight excluding hydrogens is 386 g/mol. The molecule has 7 heteroatoms. The highest BCUT2D eigenvalue weighted by atomic mass is 79.9. The third-order valence-corrected chi connectivity index (χ3v) is 4.11. The first-order chi connectivity index (χ1) is 12.0. The average molecular weight is 406 g/mol. The van der Waals surface area contributed by atoms with Gasteiger partial charge in [-0.2, -0.15) is 5.10 Å². The number of anilines is 1. The second-order valence-corrected chi connectivity index (χ2v) is 6.23. The normalized spacial score (nSPS) is 10.6. The molecule has 132 valence electrons. The van der Waals surface area contributed by atoms with Gasteiger partial charge in [-0.3, -0.25) is 4.79 Å². The summed E-state index contributed by atoms with van der Waals surface area (Å²) >= 11 is 3.52. The minimum atomic E-state index is -0.332. The number of rotatable bonds is 6. The fourth-order valence-corrected chi connectivity index (χ4v) is 2.92. The van der Waals surface area contributed by atoms with E-state index in [2.05, 4.69) is 26.5 Å². The van der Waals surface area contributed by atoms with Gasteiger partial charge < -0.3 is 14.4 Å². The van der Waals surface area contributed by atoms with E-state index < -0.39 is 0 Å². The number of nitrogens with one attached hydrogen (secondary N) is 1. The molecule has 0 saturated heterocycles. The summed E-state index contributed by atoms with van der Waals surface area (Å²) < 4.78 is 11.3. The molecule has 0 bridgehead atoms. The number of carbonyl (C=O) groups is 1. The van der Waals surface area contributed by atoms with Gasteiger partial charge in [0.2, 0.25) is 0 Å². The summed E-state index contributed by atoms with van der Waals surface area (Å²) in [6.07, 6.45) is 1.59. The molecule has 1 amide bonds. The first-order valence-electron chi connectivity index (χ1n) is 7.48. The van der Waals surface area contributed by atoms with Crippen molar-refractivity contribution in [2.45, 2.75) is 0 Å². The topological polar surface area (TPSA) is 63.2 Å². The van der Waals surface area contributed by atoms with Gasteiger partial charge in [-0.1, -0.05) is 6.07 Å². The summed E-state index contributed by atoms with van der Waals surface area (Å²) in [7, 11) is 7.00. The summed E-state index contributed by atoms with van der Waals surface area (Å²) in [5.41, 5.74) is 4.86. The van der Waals surface area contributed by atoms with Crippen molar-refractivity contribution in [1.29, 1.82) is 0 Å². The Hall–Kier alpha value is -2.54. The molecule has 2 rings (SSSR count). The van der Waals surface area contributed by atoms with Crippen LogP contribution in [0.4, 0.5) is 5.69 Å². The molecule has 2 aromatic carbocycles. The lowest BCUT2D eigenvalue weighted by molar-refractivity contribution is 0.0954. The van der Waals surface area contributed by atoms with Gasteiger partial charge in [0.15, 0.2) is 11.5 Å². The van der Waals surface area contributed by atoms with Crippen LogP contribution >= 0.6 is 15.9 Å². The molecule has 0 saturated carbocycles. The largest absolute Gasteiger partial charge is 0.493 e. The summed E-state index contributed by atoms with van der Waals surface area (Å²) in [5.74, 6) is 0.719. The van der Waals surface area contributed by atoms with E-state index in [0.29, 0.717) is 17.1 Å². The second kappa shape index (κ2) is 8.53. The number of benzene rings is 2. The highest BCUT2D eigenvalue weighted by molar-refractivity contribution is 9.10. The Morgan fingerprint density at radius 3 is 2.44 bits per heavy atom. The van der Waals surface area contributed by atoms with Crippen LogP contribution in [0.2, 0.25) is 0 Å². The highest BCUT2D eigenvalue weighted by Gasteiger charge is 2.10. The van der Waals surface area contributed by atoms with Crippen LogP contribution < -0.4 is 19.8 Å². The van der Waals surface area contributed by atoms with Gasteiger partial charge >= 0.3 is 0 Å². The molecule has 0 aliphatic rings. The number of ether oxygens (including phenoxy) is 2. The lowest BCUT2D eigenvalue weighted by Crippen LogP contribution is -2.17. The predicted molar refractivity (Wildman–Crippen MR) is 103 cm³/mol. The Labute approximate surface area is 155 Å². The third kappa shape index (κ3) is 4.73. The van der Waals surface area contributed by atoms with Crippen LogP contribution in [0.3, 0.4) is 0 Å². The number of methoxy groups -OCH3 is 2. The van der Waals surface area contributed by atoms with E-state index in [1.807, 2.05) is 37.2 Å². The Morgan fingerprint density at radius 2 is 1.84 bits per heavy atom. The fourth-order valence-electron chi connectivity index (χ4n) is 2.17. The molecule has 2 aromatic rings. The van der Waals surface area contributed by atoms with Crippen LogP contribution in [0.15, 0.2) is 46.0 Å². The zero-order valence-corrected chi connectivity index (χ0v) is 16.1. The summed E-state index contributed by atoms with van der Waals surface area (Å²) in [6.45, 7) is 0. The van der Waals surface area contributed by atoms with E-state index >= 15 is 0 Å². The molecule has 0 heterocycles. The summed E-state index contributed by atoms with van der Waals surface area (Å²) in [5, 5.41) is 4.00. The van der Waals surface area contributed by atoms with Crippen molar-refractivity contribution in [3.05, 3.63) is 52.0 Å². The standard InChI is InChI=1S/C18H20BrN3O3/c1-22(2)15-7-5-12(9-14(15)19)11-20-21-18(23)13-6-8-16(24-3)17(10-13)25-4/h5-11H,1-4H3,(H,21,23). The second-order valence-electron chi connectivity index (χ2n) is 5.37. The summed E-state index contributed by atoms with van der Waals surface area (Å²) in [6, 6.07) is 10.8. The van der Waals surface area contributed by atoms with Crippen LogP contribution in [0.5, 0.6) is 11.5 Å². The van der Waals surface area contributed by atoms with Gasteiger partial charge in [0.1, 0.15) is 0 Å². The number of hydrogen-bond donors (Lipinski definition) is 1. The molecule has 6 nitrogen and oxygen atoms in total. The van der Waals surface area contributed by atoms with E-state index in [0.717, 1.165) is 15.7 Å². The summed E-state index contributed by atoms with van der Waals surface area (Å²) in [4.78, 5) is 14.2. The molecule has 0 aliphatic carbocycles. The molecular formula is C18H20BrN3O3. The molecule has 0 aliphatic heterocycles. The molecule has 0 unspecified atom stereocenters. The van der Waals surface area contributed by atoms with Gasteiger partial charge in [-0.05, 0) is 51.8 Å². The Morgan fingerprint density at radius 1 is 1.12 bits per heavy atom. The smallest absolute Gasteiger partial charge is 0.271 e. The van der Waals surface area contributed by atoms with Crippen LogP contribution in [-0.2, 0) is 0 Å². The first-order valence-corrected chi connectivity index (χ1v) is 8.28. The molecule has 0 atom stereocenters. The molecule has 1 N–H and O–H groups in total. The van der Waals surface area contributed by atoms with Gasteiger partial charge in [0.05, 0.1) is 26.1 Å². The highest BCUT2D eigenvalue weighted by Crippen LogP contribution is 2.27. The molecule has 0 aromatic heterocycles. The molecule has 0 spiro atoms. The SMILES string of the molecule is COc1ccc(C(=O)NN=Cc2ccc(N(C)C)c(Br)c2)cc1OC. The van der Waals surface area contributed by atoms with E-state index in [1.165, 1.54) is 7.11 Å². The Bertz CT molecular complexity index is 791. The maximum Gasteiger partial charge on any atom is 0.271 e. The maximum atomic E-state index is 12.2. The number of nitrogens with zero attached hydrogens (tertiary/aromatic N) is 2. The van der Waals surface area contributed by atoms with Crippen molar-refractivity contribution in [2.75, 3.05) is 33.2 Å². The van der Waals surface area contributed by atoms with Crippen molar-refractivity contribution < 1.29 is 14.3 Å². The van der Waals surface area contributed by atoms with Gasteiger partial charge in [-0.15, -0.1) is 0 Å². The zero-order chi connectivity index (χ0) is 18.4. The van der Waals surface area contributed by atoms with E-state index in [1.54, 1.807) is 31.5 Å². The van der Waals surface area contributed by atoms with Crippen molar-refractivity contribution in [3.8, 4) is 11.5 Å². The third-order valence-electron chi connectivity index (χ3n) is 3.48. The maximum absolute atomic E-state index is 12.2. The van der Waals surface area contributed by atoms with Crippen molar-refractivity contribution in [3.63, 3.8) is 0 Å². The monoisotopic (exact) mass is 405 g/mol. The van der Waals surface area contributed by atoms with Gasteiger partial charge in [0, 0.05) is 24.1 Å². The minimum absolute atomic E-state index is 0.332. The van der Waals surface area contributed by atoms with E-state index in [-0.39, 0.29) is 5.91 Å². The van der Waals surface area contributed by atoms with E-state index in [4.69, 9.17) is 9.47 Å². The predicted octanol–water partition coefficient (Wildman–Crippen LogP) is 3.30. The number of amides is 1. The van der Waals surface area contributed by atoms with Crippen molar-refractivity contribution in [1.82, 2.24) is 5.43 Å². The first kappa shape index (κ1) is 18.8. The van der Waals surface area contributed by atoms with E-state index in [9.17, 15) is 4.79 Å². The fraction of sp³-hybridized carbons (Fsp3) is 0.222. The number of carbonyl (C=O) groups excluding carboxylic acids is 1. The van der Waals surface area contributed by atoms with Gasteiger partial charge in [-0.25, -0.2) is 5.43 Å². The average Bonchev–Trinajstić information content (AvgIpc) is 2.60. The van der Waals surface area contributed by atoms with Crippen LogP contribution in [0, 0.1) is 0 Å². The van der Waals surface area contributed by atoms with Crippen molar-refractivity contribution >= 4 is 33.7 Å². The van der Waals surface area contributed by atoms with Crippen molar-refractivity contribution in [2.24, 2.45) is 5.10 Å². The number of hydrazone groups is 1. The lowest BCUT2D eigenvalue weighted by Gasteiger charge is -2.14. The Kier molecular flexibility index (Phi) is 6.41. The van der Waals surface area contributed by atoms with Crippen LogP contribution in [-0.4, -0.2) is 40.4 Å². The lowest BCUT2D eigenvalue weighted by atomic mass is 10.2. The zero-order valence-electron chi connectivity index (χ0n) is 14.5. The quantitative estimate of drug-likeness (QED) is 0.591.